The summed E-state index contributed by atoms with van der Waals surface area (Å²) in [6, 6.07) is 10.7. The largest absolute Gasteiger partial charge is 0.478 e. The van der Waals surface area contributed by atoms with Crippen LogP contribution in [0, 0.1) is 0 Å². The fraction of sp³-hybridized carbons (Fsp3) is 0.176. The maximum Gasteiger partial charge on any atom is 0.310 e. The highest BCUT2D eigenvalue weighted by Gasteiger charge is 2.30. The number of para-hydroxylation sites is 2. The Kier molecular flexibility index (Phi) is 4.36. The molecule has 2 aromatic heterocycles. The lowest BCUT2D eigenvalue weighted by molar-refractivity contribution is -0.149. The Morgan fingerprint density at radius 2 is 2.12 bits per heavy atom. The van der Waals surface area contributed by atoms with Crippen molar-refractivity contribution < 1.29 is 23.5 Å². The molecule has 1 aromatic carbocycles. The quantitative estimate of drug-likeness (QED) is 0.688. The molecule has 0 fully saturated rings. The average molecular weight is 371 g/mol. The monoisotopic (exact) mass is 371 g/mol. The molecule has 3 heterocycles. The van der Waals surface area contributed by atoms with E-state index >= 15 is 0 Å². The number of nitrogens with zero attached hydrogens (tertiary/aromatic N) is 2. The molecule has 0 radical (unpaired) electrons. The standard InChI is InChI=1S/C17H13N3O5S/c21-15(8-12-16(22)18-10-4-1-2-5-11(10)24-12)23-9-14-19-20-17(25-14)13-6-3-7-26-13/h1-7,12H,8-9H2,(H,18,22)/t12-/m0/s1. The van der Waals surface area contributed by atoms with E-state index in [1.165, 1.54) is 11.3 Å². The fourth-order valence-corrected chi connectivity index (χ4v) is 3.04. The number of aromatic nitrogens is 2. The van der Waals surface area contributed by atoms with Crippen molar-refractivity contribution in [3.8, 4) is 16.5 Å². The summed E-state index contributed by atoms with van der Waals surface area (Å²) in [5.74, 6) is 0.0833. The van der Waals surface area contributed by atoms with Crippen molar-refractivity contribution in [2.24, 2.45) is 0 Å². The predicted octanol–water partition coefficient (Wildman–Crippen LogP) is 2.63. The van der Waals surface area contributed by atoms with Crippen molar-refractivity contribution >= 4 is 28.9 Å². The van der Waals surface area contributed by atoms with Gasteiger partial charge in [-0.25, -0.2) is 0 Å². The summed E-state index contributed by atoms with van der Waals surface area (Å²) in [6.45, 7) is -0.165. The van der Waals surface area contributed by atoms with Gasteiger partial charge >= 0.3 is 5.97 Å². The van der Waals surface area contributed by atoms with Crippen LogP contribution in [-0.2, 0) is 20.9 Å². The molecule has 0 saturated carbocycles. The molecule has 8 nitrogen and oxygen atoms in total. The van der Waals surface area contributed by atoms with Crippen LogP contribution < -0.4 is 10.1 Å². The molecule has 132 valence electrons. The van der Waals surface area contributed by atoms with Crippen LogP contribution in [0.4, 0.5) is 5.69 Å². The minimum absolute atomic E-state index is 0.165. The van der Waals surface area contributed by atoms with Gasteiger partial charge in [0.25, 0.3) is 17.7 Å². The number of nitrogens with one attached hydrogen (secondary N) is 1. The van der Waals surface area contributed by atoms with Crippen LogP contribution in [0.1, 0.15) is 12.3 Å². The SMILES string of the molecule is O=C(C[C@@H]1Oc2ccccc2NC1=O)OCc1nnc(-c2cccs2)o1. The van der Waals surface area contributed by atoms with Crippen LogP contribution in [0.3, 0.4) is 0 Å². The summed E-state index contributed by atoms with van der Waals surface area (Å²) < 4.78 is 16.1. The number of carbonyl (C=O) groups excluding carboxylic acids is 2. The van der Waals surface area contributed by atoms with Crippen molar-refractivity contribution in [2.75, 3.05) is 5.32 Å². The number of carbonyl (C=O) groups is 2. The van der Waals surface area contributed by atoms with E-state index in [1.54, 1.807) is 24.3 Å². The van der Waals surface area contributed by atoms with Crippen LogP contribution >= 0.6 is 11.3 Å². The molecule has 9 heteroatoms. The number of hydrogen-bond donors (Lipinski definition) is 1. The zero-order valence-corrected chi connectivity index (χ0v) is 14.2. The molecule has 0 aliphatic carbocycles. The highest BCUT2D eigenvalue weighted by molar-refractivity contribution is 7.13. The molecular weight excluding hydrogens is 358 g/mol. The van der Waals surface area contributed by atoms with Crippen LogP contribution in [0.5, 0.6) is 5.75 Å². The molecule has 3 aromatic rings. The molecule has 0 saturated heterocycles. The second kappa shape index (κ2) is 6.96. The molecule has 1 N–H and O–H groups in total. The third kappa shape index (κ3) is 3.42. The fourth-order valence-electron chi connectivity index (χ4n) is 2.39. The Morgan fingerprint density at radius 1 is 1.23 bits per heavy atom. The number of anilines is 1. The molecule has 26 heavy (non-hydrogen) atoms. The number of ether oxygens (including phenoxy) is 2. The summed E-state index contributed by atoms with van der Waals surface area (Å²) in [6.07, 6.45) is -1.16. The zero-order valence-electron chi connectivity index (χ0n) is 13.4. The molecule has 0 unspecified atom stereocenters. The molecule has 1 aliphatic heterocycles. The van der Waals surface area contributed by atoms with Gasteiger partial charge in [0.1, 0.15) is 5.75 Å². The van der Waals surface area contributed by atoms with Crippen molar-refractivity contribution in [3.05, 3.63) is 47.7 Å². The Bertz CT molecular complexity index is 938. The maximum absolute atomic E-state index is 12.0. The van der Waals surface area contributed by atoms with Gasteiger partial charge in [0, 0.05) is 0 Å². The highest BCUT2D eigenvalue weighted by atomic mass is 32.1. The van der Waals surface area contributed by atoms with Crippen molar-refractivity contribution in [3.63, 3.8) is 0 Å². The van der Waals surface area contributed by atoms with Crippen LogP contribution in [0.25, 0.3) is 10.8 Å². The van der Waals surface area contributed by atoms with E-state index in [1.807, 2.05) is 17.5 Å². The first-order chi connectivity index (χ1) is 12.7. The normalized spacial score (nSPS) is 15.7. The molecule has 0 spiro atoms. The van der Waals surface area contributed by atoms with E-state index in [0.29, 0.717) is 17.3 Å². The summed E-state index contributed by atoms with van der Waals surface area (Å²) in [5, 5.41) is 12.3. The summed E-state index contributed by atoms with van der Waals surface area (Å²) in [5.41, 5.74) is 0.578. The Morgan fingerprint density at radius 3 is 2.96 bits per heavy atom. The van der Waals surface area contributed by atoms with Gasteiger partial charge in [0.2, 0.25) is 0 Å². The van der Waals surface area contributed by atoms with E-state index in [9.17, 15) is 9.59 Å². The molecule has 4 rings (SSSR count). The third-order valence-corrected chi connectivity index (χ3v) is 4.47. The van der Waals surface area contributed by atoms with Gasteiger partial charge in [-0.15, -0.1) is 21.5 Å². The zero-order chi connectivity index (χ0) is 17.9. The number of amides is 1. The lowest BCUT2D eigenvalue weighted by atomic mass is 10.1. The maximum atomic E-state index is 12.0. The van der Waals surface area contributed by atoms with Gasteiger partial charge in [-0.1, -0.05) is 18.2 Å². The summed E-state index contributed by atoms with van der Waals surface area (Å²) >= 11 is 1.47. The van der Waals surface area contributed by atoms with Gasteiger partial charge in [-0.2, -0.15) is 0 Å². The Balaban J connectivity index is 1.33. The minimum Gasteiger partial charge on any atom is -0.478 e. The van der Waals surface area contributed by atoms with E-state index < -0.39 is 18.0 Å². The summed E-state index contributed by atoms with van der Waals surface area (Å²) in [4.78, 5) is 24.9. The molecule has 1 amide bonds. The minimum atomic E-state index is -0.943. The van der Waals surface area contributed by atoms with Crippen molar-refractivity contribution in [1.82, 2.24) is 10.2 Å². The van der Waals surface area contributed by atoms with Crippen molar-refractivity contribution in [1.29, 1.82) is 0 Å². The predicted molar refractivity (Wildman–Crippen MR) is 91.5 cm³/mol. The number of hydrogen-bond acceptors (Lipinski definition) is 8. The molecule has 1 aliphatic rings. The lowest BCUT2D eigenvalue weighted by Gasteiger charge is -2.24. The molecule has 0 bridgehead atoms. The number of benzene rings is 1. The number of thiophene rings is 1. The average Bonchev–Trinajstić information content (AvgIpc) is 3.32. The first kappa shape index (κ1) is 16.3. The first-order valence-corrected chi connectivity index (χ1v) is 8.65. The smallest absolute Gasteiger partial charge is 0.310 e. The van der Waals surface area contributed by atoms with Crippen LogP contribution in [0.15, 0.2) is 46.2 Å². The van der Waals surface area contributed by atoms with Crippen molar-refractivity contribution in [2.45, 2.75) is 19.1 Å². The lowest BCUT2D eigenvalue weighted by Crippen LogP contribution is -2.38. The molecule has 1 atom stereocenters. The molecular formula is C17H13N3O5S. The Hall–Kier alpha value is -3.20. The topological polar surface area (TPSA) is 104 Å². The van der Waals surface area contributed by atoms with E-state index in [4.69, 9.17) is 13.9 Å². The summed E-state index contributed by atoms with van der Waals surface area (Å²) in [7, 11) is 0. The highest BCUT2D eigenvalue weighted by Crippen LogP contribution is 2.29. The third-order valence-electron chi connectivity index (χ3n) is 3.61. The van der Waals surface area contributed by atoms with Gasteiger partial charge in [0.05, 0.1) is 17.0 Å². The number of fused-ring (bicyclic) bond motifs is 1. The van der Waals surface area contributed by atoms with Gasteiger partial charge in [-0.3, -0.25) is 9.59 Å². The van der Waals surface area contributed by atoms with Crippen LogP contribution in [0.2, 0.25) is 0 Å². The van der Waals surface area contributed by atoms with E-state index in [2.05, 4.69) is 15.5 Å². The Labute approximate surface area is 151 Å². The number of esters is 1. The van der Waals surface area contributed by atoms with E-state index in [0.717, 1.165) is 4.88 Å². The first-order valence-electron chi connectivity index (χ1n) is 7.77. The van der Waals surface area contributed by atoms with Gasteiger partial charge in [-0.05, 0) is 23.6 Å². The van der Waals surface area contributed by atoms with Gasteiger partial charge < -0.3 is 19.2 Å². The second-order valence-corrected chi connectivity index (χ2v) is 6.38. The van der Waals surface area contributed by atoms with E-state index in [-0.39, 0.29) is 18.9 Å². The second-order valence-electron chi connectivity index (χ2n) is 5.43. The van der Waals surface area contributed by atoms with Gasteiger partial charge in [0.15, 0.2) is 12.7 Å². The number of rotatable bonds is 5. The van der Waals surface area contributed by atoms with Crippen LogP contribution in [-0.4, -0.2) is 28.2 Å².